The van der Waals surface area contributed by atoms with Gasteiger partial charge in [-0.3, -0.25) is 4.99 Å². The van der Waals surface area contributed by atoms with Crippen molar-refractivity contribution in [2.45, 2.75) is 53.0 Å². The molecular weight excluding hydrogens is 310 g/mol. The zero-order valence-corrected chi connectivity index (χ0v) is 16.2. The van der Waals surface area contributed by atoms with Gasteiger partial charge in [0.05, 0.1) is 11.0 Å². The number of nitrogens with one attached hydrogen (secondary N) is 2. The van der Waals surface area contributed by atoms with E-state index in [1.54, 1.807) is 0 Å². The topological polar surface area (TPSA) is 56.3 Å². The number of fused-ring (bicyclic) bond motifs is 1. The standard InChI is InChI=1S/C20H31N5/c1-6-21-18(25-14-19(2,3)20(25,4)5)22-13-9-12-17-23-15-10-7-8-11-16(15)24-17/h7-8,10-11H,6,9,12-14H2,1-5H3,(H,21,22)(H,23,24). The smallest absolute Gasteiger partial charge is 0.194 e. The zero-order valence-electron chi connectivity index (χ0n) is 16.2. The lowest BCUT2D eigenvalue weighted by Crippen LogP contribution is -2.72. The van der Waals surface area contributed by atoms with Crippen LogP contribution in [0.3, 0.4) is 0 Å². The van der Waals surface area contributed by atoms with Crippen LogP contribution in [0.5, 0.6) is 0 Å². The van der Waals surface area contributed by atoms with Crippen LogP contribution in [0.1, 0.15) is 46.9 Å². The second kappa shape index (κ2) is 6.70. The number of hydrogen-bond acceptors (Lipinski definition) is 2. The first kappa shape index (κ1) is 17.8. The maximum atomic E-state index is 4.86. The quantitative estimate of drug-likeness (QED) is 0.496. The molecule has 25 heavy (non-hydrogen) atoms. The maximum Gasteiger partial charge on any atom is 0.194 e. The minimum atomic E-state index is 0.132. The molecule has 0 spiro atoms. The Balaban J connectivity index is 1.59. The summed E-state index contributed by atoms with van der Waals surface area (Å²) in [5.74, 6) is 2.09. The number of likely N-dealkylation sites (tertiary alicyclic amines) is 1. The van der Waals surface area contributed by atoms with E-state index in [2.05, 4.69) is 60.9 Å². The van der Waals surface area contributed by atoms with E-state index in [1.807, 2.05) is 18.2 Å². The van der Waals surface area contributed by atoms with Gasteiger partial charge < -0.3 is 15.2 Å². The molecule has 0 amide bonds. The van der Waals surface area contributed by atoms with E-state index in [0.717, 1.165) is 55.3 Å². The van der Waals surface area contributed by atoms with Gasteiger partial charge >= 0.3 is 0 Å². The second-order valence-corrected chi connectivity index (χ2v) is 8.07. The van der Waals surface area contributed by atoms with Crippen LogP contribution < -0.4 is 5.32 Å². The number of aryl methyl sites for hydroxylation is 1. The molecule has 136 valence electrons. The summed E-state index contributed by atoms with van der Waals surface area (Å²) in [6.45, 7) is 14.2. The molecule has 2 N–H and O–H groups in total. The van der Waals surface area contributed by atoms with Gasteiger partial charge in [-0.25, -0.2) is 4.98 Å². The van der Waals surface area contributed by atoms with Crippen LogP contribution in [0.25, 0.3) is 11.0 Å². The van der Waals surface area contributed by atoms with Crippen LogP contribution in [0.2, 0.25) is 0 Å². The Labute approximate surface area is 150 Å². The SMILES string of the molecule is CCNC(=NCCCc1nc2ccccc2[nH]1)N1CC(C)(C)C1(C)C. The van der Waals surface area contributed by atoms with E-state index in [1.165, 1.54) is 0 Å². The van der Waals surface area contributed by atoms with Crippen molar-refractivity contribution in [2.75, 3.05) is 19.6 Å². The Morgan fingerprint density at radius 2 is 2.04 bits per heavy atom. The fraction of sp³-hybridized carbons (Fsp3) is 0.600. The number of imidazole rings is 1. The molecule has 1 aliphatic rings. The van der Waals surface area contributed by atoms with E-state index < -0.39 is 0 Å². The van der Waals surface area contributed by atoms with Crippen LogP contribution >= 0.6 is 0 Å². The lowest BCUT2D eigenvalue weighted by Gasteiger charge is -2.62. The molecule has 5 nitrogen and oxygen atoms in total. The minimum absolute atomic E-state index is 0.132. The largest absolute Gasteiger partial charge is 0.356 e. The summed E-state index contributed by atoms with van der Waals surface area (Å²) in [4.78, 5) is 15.3. The lowest BCUT2D eigenvalue weighted by atomic mass is 9.65. The number of H-pyrrole nitrogens is 1. The highest BCUT2D eigenvalue weighted by atomic mass is 15.4. The van der Waals surface area contributed by atoms with Crippen molar-refractivity contribution in [1.29, 1.82) is 0 Å². The molecule has 0 unspecified atom stereocenters. The number of aliphatic imine (C=N–C) groups is 1. The van der Waals surface area contributed by atoms with Gasteiger partial charge in [-0.1, -0.05) is 26.0 Å². The molecule has 2 aromatic rings. The Kier molecular flexibility index (Phi) is 4.76. The Bertz CT molecular complexity index is 723. The van der Waals surface area contributed by atoms with Crippen molar-refractivity contribution in [1.82, 2.24) is 20.2 Å². The number of rotatable bonds is 5. The molecule has 0 aliphatic carbocycles. The Morgan fingerprint density at radius 3 is 2.68 bits per heavy atom. The lowest BCUT2D eigenvalue weighted by molar-refractivity contribution is -0.0667. The van der Waals surface area contributed by atoms with Gasteiger partial charge in [0.25, 0.3) is 0 Å². The minimum Gasteiger partial charge on any atom is -0.356 e. The van der Waals surface area contributed by atoms with Gasteiger partial charge in [0.2, 0.25) is 0 Å². The summed E-state index contributed by atoms with van der Waals surface area (Å²) >= 11 is 0. The number of nitrogens with zero attached hydrogens (tertiary/aromatic N) is 3. The summed E-state index contributed by atoms with van der Waals surface area (Å²) in [5.41, 5.74) is 2.60. The first-order valence-corrected chi connectivity index (χ1v) is 9.35. The van der Waals surface area contributed by atoms with E-state index >= 15 is 0 Å². The predicted octanol–water partition coefficient (Wildman–Crippen LogP) is 3.58. The van der Waals surface area contributed by atoms with Crippen LogP contribution in [-0.2, 0) is 6.42 Å². The van der Waals surface area contributed by atoms with Crippen LogP contribution in [0.4, 0.5) is 0 Å². The molecule has 0 radical (unpaired) electrons. The van der Waals surface area contributed by atoms with Gasteiger partial charge in [-0.15, -0.1) is 0 Å². The van der Waals surface area contributed by atoms with Gasteiger partial charge in [-0.2, -0.15) is 0 Å². The monoisotopic (exact) mass is 341 g/mol. The molecule has 1 aliphatic heterocycles. The number of hydrogen-bond donors (Lipinski definition) is 2. The van der Waals surface area contributed by atoms with Gasteiger partial charge in [-0.05, 0) is 39.3 Å². The number of aromatic nitrogens is 2. The maximum absolute atomic E-state index is 4.86. The summed E-state index contributed by atoms with van der Waals surface area (Å²) < 4.78 is 0. The molecule has 1 aromatic carbocycles. The third-order valence-electron chi connectivity index (χ3n) is 5.75. The first-order chi connectivity index (χ1) is 11.8. The van der Waals surface area contributed by atoms with Crippen molar-refractivity contribution in [2.24, 2.45) is 10.4 Å². The number of benzene rings is 1. The van der Waals surface area contributed by atoms with Gasteiger partial charge in [0, 0.05) is 37.0 Å². The second-order valence-electron chi connectivity index (χ2n) is 8.07. The molecule has 5 heteroatoms. The normalized spacial score (nSPS) is 19.1. The summed E-state index contributed by atoms with van der Waals surface area (Å²) in [6, 6.07) is 8.18. The molecule has 1 fully saturated rings. The summed E-state index contributed by atoms with van der Waals surface area (Å²) in [5, 5.41) is 3.45. The molecule has 0 atom stereocenters. The van der Waals surface area contributed by atoms with Crippen LogP contribution in [-0.4, -0.2) is 46.0 Å². The Hall–Kier alpha value is -2.04. The fourth-order valence-corrected chi connectivity index (χ4v) is 3.35. The highest BCUT2D eigenvalue weighted by Crippen LogP contribution is 2.46. The van der Waals surface area contributed by atoms with Crippen LogP contribution in [0.15, 0.2) is 29.3 Å². The molecule has 3 rings (SSSR count). The van der Waals surface area contributed by atoms with Crippen molar-refractivity contribution >= 4 is 17.0 Å². The molecule has 1 aromatic heterocycles. The van der Waals surface area contributed by atoms with E-state index in [-0.39, 0.29) is 5.54 Å². The van der Waals surface area contributed by atoms with E-state index in [0.29, 0.717) is 5.41 Å². The number of guanidine groups is 1. The van der Waals surface area contributed by atoms with Crippen molar-refractivity contribution in [3.8, 4) is 0 Å². The van der Waals surface area contributed by atoms with E-state index in [9.17, 15) is 0 Å². The Morgan fingerprint density at radius 1 is 1.28 bits per heavy atom. The van der Waals surface area contributed by atoms with Crippen molar-refractivity contribution in [3.05, 3.63) is 30.1 Å². The van der Waals surface area contributed by atoms with Gasteiger partial charge in [0.1, 0.15) is 5.82 Å². The molecule has 1 saturated heterocycles. The van der Waals surface area contributed by atoms with Gasteiger partial charge in [0.15, 0.2) is 5.96 Å². The first-order valence-electron chi connectivity index (χ1n) is 9.35. The molecule has 0 bridgehead atoms. The number of aromatic amines is 1. The third kappa shape index (κ3) is 3.37. The van der Waals surface area contributed by atoms with Crippen molar-refractivity contribution < 1.29 is 0 Å². The average molecular weight is 342 g/mol. The van der Waals surface area contributed by atoms with Crippen molar-refractivity contribution in [3.63, 3.8) is 0 Å². The van der Waals surface area contributed by atoms with E-state index in [4.69, 9.17) is 4.99 Å². The molecule has 0 saturated carbocycles. The molecular formula is C20H31N5. The highest BCUT2D eigenvalue weighted by molar-refractivity contribution is 5.82. The third-order valence-corrected chi connectivity index (χ3v) is 5.75. The fourth-order valence-electron chi connectivity index (χ4n) is 3.35. The highest BCUT2D eigenvalue weighted by Gasteiger charge is 2.53. The van der Waals surface area contributed by atoms with Crippen LogP contribution in [0, 0.1) is 5.41 Å². The molecule has 2 heterocycles. The average Bonchev–Trinajstić information content (AvgIpc) is 2.98. The summed E-state index contributed by atoms with van der Waals surface area (Å²) in [7, 11) is 0. The summed E-state index contributed by atoms with van der Waals surface area (Å²) in [6.07, 6.45) is 1.92. The zero-order chi connectivity index (χ0) is 18.1. The number of para-hydroxylation sites is 2. The predicted molar refractivity (Wildman–Crippen MR) is 105 cm³/mol.